The molecule has 0 atom stereocenters. The summed E-state index contributed by atoms with van der Waals surface area (Å²) in [6, 6.07) is 10.4. The molecule has 1 aliphatic heterocycles. The number of benzene rings is 1. The van der Waals surface area contributed by atoms with Crippen LogP contribution in [0.3, 0.4) is 0 Å². The van der Waals surface area contributed by atoms with Crippen molar-refractivity contribution in [2.24, 2.45) is 5.73 Å². The molecule has 0 radical (unpaired) electrons. The molecule has 1 fully saturated rings. The molecule has 1 aromatic heterocycles. The van der Waals surface area contributed by atoms with Crippen molar-refractivity contribution in [2.45, 2.75) is 58.1 Å². The molecule has 1 aliphatic rings. The molecule has 5 heteroatoms. The van der Waals surface area contributed by atoms with Crippen molar-refractivity contribution < 1.29 is 4.74 Å². The molecule has 2 aromatic rings. The first kappa shape index (κ1) is 20.1. The summed E-state index contributed by atoms with van der Waals surface area (Å²) >= 11 is 0. The van der Waals surface area contributed by atoms with Gasteiger partial charge in [0.2, 0.25) is 0 Å². The van der Waals surface area contributed by atoms with Gasteiger partial charge in [-0.1, -0.05) is 39.0 Å². The van der Waals surface area contributed by atoms with Gasteiger partial charge in [-0.15, -0.1) is 0 Å². The zero-order valence-corrected chi connectivity index (χ0v) is 17.0. The minimum Gasteiger partial charge on any atom is -0.378 e. The van der Waals surface area contributed by atoms with Gasteiger partial charge < -0.3 is 10.5 Å². The standard InChI is InChI=1S/C22H34N4O/c1-22(2,3)21-18(17-26(24-21)19-8-5-4-6-9-19)16-25-13-10-20(11-14-25)27-15-7-12-23/h4-6,8-9,17,20H,7,10-16,23H2,1-3H3. The van der Waals surface area contributed by atoms with Crippen molar-refractivity contribution in [3.05, 3.63) is 47.8 Å². The highest BCUT2D eigenvalue weighted by Crippen LogP contribution is 2.27. The van der Waals surface area contributed by atoms with E-state index in [9.17, 15) is 0 Å². The lowest BCUT2D eigenvalue weighted by atomic mass is 9.89. The van der Waals surface area contributed by atoms with E-state index in [0.29, 0.717) is 12.6 Å². The van der Waals surface area contributed by atoms with Gasteiger partial charge in [0.1, 0.15) is 0 Å². The van der Waals surface area contributed by atoms with Gasteiger partial charge in [0.15, 0.2) is 0 Å². The highest BCUT2D eigenvalue weighted by atomic mass is 16.5. The molecule has 0 aliphatic carbocycles. The maximum absolute atomic E-state index is 5.94. The zero-order chi connectivity index (χ0) is 19.3. The van der Waals surface area contributed by atoms with E-state index in [4.69, 9.17) is 15.6 Å². The van der Waals surface area contributed by atoms with Crippen molar-refractivity contribution in [2.75, 3.05) is 26.2 Å². The number of piperidine rings is 1. The molecule has 2 heterocycles. The molecule has 2 N–H and O–H groups in total. The minimum absolute atomic E-state index is 0.0268. The Balaban J connectivity index is 1.67. The summed E-state index contributed by atoms with van der Waals surface area (Å²) in [5.41, 5.74) is 9.20. The summed E-state index contributed by atoms with van der Waals surface area (Å²) in [5, 5.41) is 4.94. The minimum atomic E-state index is 0.0268. The number of hydrogen-bond donors (Lipinski definition) is 1. The molecular formula is C22H34N4O. The molecule has 148 valence electrons. The molecule has 3 rings (SSSR count). The van der Waals surface area contributed by atoms with Crippen molar-refractivity contribution in [3.63, 3.8) is 0 Å². The number of nitrogens with zero attached hydrogens (tertiary/aromatic N) is 3. The topological polar surface area (TPSA) is 56.3 Å². The van der Waals surface area contributed by atoms with Crippen LogP contribution in [0.1, 0.15) is 51.3 Å². The van der Waals surface area contributed by atoms with Gasteiger partial charge in [-0.05, 0) is 37.9 Å². The van der Waals surface area contributed by atoms with Gasteiger partial charge in [-0.2, -0.15) is 5.10 Å². The second-order valence-electron chi connectivity index (χ2n) is 8.52. The second kappa shape index (κ2) is 9.00. The Hall–Kier alpha value is -1.69. The molecule has 0 saturated carbocycles. The monoisotopic (exact) mass is 370 g/mol. The molecule has 27 heavy (non-hydrogen) atoms. The number of nitrogens with two attached hydrogens (primary N) is 1. The van der Waals surface area contributed by atoms with E-state index in [1.807, 2.05) is 10.7 Å². The Morgan fingerprint density at radius 1 is 1.15 bits per heavy atom. The van der Waals surface area contributed by atoms with E-state index in [1.54, 1.807) is 0 Å². The van der Waals surface area contributed by atoms with Gasteiger partial charge in [0.05, 0.1) is 17.5 Å². The smallest absolute Gasteiger partial charge is 0.0727 e. The van der Waals surface area contributed by atoms with E-state index in [1.165, 1.54) is 11.3 Å². The van der Waals surface area contributed by atoms with Crippen LogP contribution in [0, 0.1) is 0 Å². The van der Waals surface area contributed by atoms with E-state index in [0.717, 1.165) is 51.2 Å². The number of rotatable bonds is 7. The summed E-state index contributed by atoms with van der Waals surface area (Å²) in [4.78, 5) is 2.53. The number of hydrogen-bond acceptors (Lipinski definition) is 4. The van der Waals surface area contributed by atoms with E-state index in [-0.39, 0.29) is 5.41 Å². The van der Waals surface area contributed by atoms with Crippen molar-refractivity contribution in [3.8, 4) is 5.69 Å². The maximum atomic E-state index is 5.94. The summed E-state index contributed by atoms with van der Waals surface area (Å²) in [7, 11) is 0. The van der Waals surface area contributed by atoms with Crippen LogP contribution < -0.4 is 5.73 Å². The quantitative estimate of drug-likeness (QED) is 0.758. The molecule has 1 saturated heterocycles. The van der Waals surface area contributed by atoms with Crippen LogP contribution in [0.2, 0.25) is 0 Å². The predicted molar refractivity (Wildman–Crippen MR) is 110 cm³/mol. The summed E-state index contributed by atoms with van der Waals surface area (Å²) in [6.45, 7) is 11.3. The highest BCUT2D eigenvalue weighted by molar-refractivity contribution is 5.34. The summed E-state index contributed by atoms with van der Waals surface area (Å²) in [5.74, 6) is 0. The normalized spacial score (nSPS) is 16.7. The van der Waals surface area contributed by atoms with Gasteiger partial charge in [-0.3, -0.25) is 4.90 Å². The van der Waals surface area contributed by atoms with Crippen LogP contribution in [-0.2, 0) is 16.7 Å². The van der Waals surface area contributed by atoms with E-state index in [2.05, 4.69) is 56.1 Å². The van der Waals surface area contributed by atoms with Crippen LogP contribution in [0.15, 0.2) is 36.5 Å². The number of ether oxygens (including phenoxy) is 1. The average molecular weight is 371 g/mol. The lowest BCUT2D eigenvalue weighted by Gasteiger charge is -2.32. The Labute approximate surface area is 163 Å². The van der Waals surface area contributed by atoms with Crippen molar-refractivity contribution in [1.29, 1.82) is 0 Å². The van der Waals surface area contributed by atoms with Crippen LogP contribution >= 0.6 is 0 Å². The van der Waals surface area contributed by atoms with Gasteiger partial charge in [0, 0.05) is 43.4 Å². The lowest BCUT2D eigenvalue weighted by molar-refractivity contribution is 0.00554. The van der Waals surface area contributed by atoms with Gasteiger partial charge in [0.25, 0.3) is 0 Å². The zero-order valence-electron chi connectivity index (χ0n) is 17.0. The van der Waals surface area contributed by atoms with Gasteiger partial charge in [-0.25, -0.2) is 4.68 Å². The molecular weight excluding hydrogens is 336 g/mol. The second-order valence-corrected chi connectivity index (χ2v) is 8.52. The first-order chi connectivity index (χ1) is 13.0. The Bertz CT molecular complexity index is 697. The van der Waals surface area contributed by atoms with Crippen LogP contribution in [0.4, 0.5) is 0 Å². The van der Waals surface area contributed by atoms with Crippen molar-refractivity contribution >= 4 is 0 Å². The van der Waals surface area contributed by atoms with E-state index < -0.39 is 0 Å². The van der Waals surface area contributed by atoms with Gasteiger partial charge >= 0.3 is 0 Å². The van der Waals surface area contributed by atoms with E-state index >= 15 is 0 Å². The summed E-state index contributed by atoms with van der Waals surface area (Å²) in [6.07, 6.45) is 5.75. The number of likely N-dealkylation sites (tertiary alicyclic amines) is 1. The molecule has 0 amide bonds. The third kappa shape index (κ3) is 5.41. The highest BCUT2D eigenvalue weighted by Gasteiger charge is 2.26. The first-order valence-electron chi connectivity index (χ1n) is 10.2. The Kier molecular flexibility index (Phi) is 6.68. The Morgan fingerprint density at radius 2 is 1.85 bits per heavy atom. The number of aromatic nitrogens is 2. The maximum Gasteiger partial charge on any atom is 0.0727 e. The predicted octanol–water partition coefficient (Wildman–Crippen LogP) is 3.50. The fraction of sp³-hybridized carbons (Fsp3) is 0.591. The van der Waals surface area contributed by atoms with Crippen LogP contribution in [-0.4, -0.2) is 47.0 Å². The molecule has 0 spiro atoms. The van der Waals surface area contributed by atoms with Crippen LogP contribution in [0.25, 0.3) is 5.69 Å². The fourth-order valence-corrected chi connectivity index (χ4v) is 3.68. The third-order valence-corrected chi connectivity index (χ3v) is 5.15. The molecule has 1 aromatic carbocycles. The summed E-state index contributed by atoms with van der Waals surface area (Å²) < 4.78 is 7.97. The lowest BCUT2D eigenvalue weighted by Crippen LogP contribution is -2.37. The largest absolute Gasteiger partial charge is 0.378 e. The third-order valence-electron chi connectivity index (χ3n) is 5.15. The average Bonchev–Trinajstić information content (AvgIpc) is 3.08. The van der Waals surface area contributed by atoms with Crippen molar-refractivity contribution in [1.82, 2.24) is 14.7 Å². The van der Waals surface area contributed by atoms with Crippen LogP contribution in [0.5, 0.6) is 0 Å². The molecule has 0 unspecified atom stereocenters. The molecule has 0 bridgehead atoms. The first-order valence-corrected chi connectivity index (χ1v) is 10.2. The Morgan fingerprint density at radius 3 is 2.48 bits per heavy atom. The fourth-order valence-electron chi connectivity index (χ4n) is 3.68. The molecule has 5 nitrogen and oxygen atoms in total. The SMILES string of the molecule is CC(C)(C)c1nn(-c2ccccc2)cc1CN1CCC(OCCCN)CC1. The number of para-hydroxylation sites is 1.